The van der Waals surface area contributed by atoms with Crippen molar-refractivity contribution in [1.29, 1.82) is 0 Å². The van der Waals surface area contributed by atoms with Crippen LogP contribution in [0.4, 0.5) is 4.39 Å². The van der Waals surface area contributed by atoms with Crippen molar-refractivity contribution in [1.82, 2.24) is 9.55 Å². The van der Waals surface area contributed by atoms with Crippen LogP contribution in [0, 0.1) is 12.7 Å². The molecule has 0 fully saturated rings. The maximum absolute atomic E-state index is 14.6. The summed E-state index contributed by atoms with van der Waals surface area (Å²) in [6, 6.07) is 11.8. The molecular weight excluding hydrogens is 405 g/mol. The molecule has 1 aliphatic heterocycles. The average molecular weight is 426 g/mol. The molecular formula is C23H21ClFN3O2. The zero-order chi connectivity index (χ0) is 21.6. The van der Waals surface area contributed by atoms with E-state index in [1.165, 1.54) is 6.07 Å². The topological polar surface area (TPSA) is 56.5 Å². The summed E-state index contributed by atoms with van der Waals surface area (Å²) >= 11 is 6.27. The fourth-order valence-corrected chi connectivity index (χ4v) is 3.72. The van der Waals surface area contributed by atoms with Gasteiger partial charge in [-0.2, -0.15) is 0 Å². The molecule has 5 nitrogen and oxygen atoms in total. The molecule has 0 atom stereocenters. The van der Waals surface area contributed by atoms with E-state index in [1.807, 2.05) is 17.6 Å². The molecule has 1 aliphatic rings. The molecule has 3 aromatic rings. The molecule has 7 heteroatoms. The van der Waals surface area contributed by atoms with E-state index in [2.05, 4.69) is 9.98 Å². The summed E-state index contributed by atoms with van der Waals surface area (Å²) in [7, 11) is 0. The molecule has 2 aromatic carbocycles. The molecule has 0 N–H and O–H groups in total. The fraction of sp³-hybridized carbons (Fsp3) is 0.261. The molecule has 30 heavy (non-hydrogen) atoms. The van der Waals surface area contributed by atoms with Crippen molar-refractivity contribution < 1.29 is 13.9 Å². The van der Waals surface area contributed by atoms with Gasteiger partial charge in [0.15, 0.2) is 5.69 Å². The van der Waals surface area contributed by atoms with E-state index in [0.29, 0.717) is 33.4 Å². The van der Waals surface area contributed by atoms with Crippen LogP contribution in [0.2, 0.25) is 5.02 Å². The van der Waals surface area contributed by atoms with Crippen LogP contribution >= 0.6 is 11.6 Å². The first-order valence-electron chi connectivity index (χ1n) is 9.57. The monoisotopic (exact) mass is 425 g/mol. The number of hydrogen-bond acceptors (Lipinski definition) is 4. The van der Waals surface area contributed by atoms with E-state index in [-0.39, 0.29) is 18.1 Å². The normalized spacial score (nSPS) is 13.2. The molecule has 4 rings (SSSR count). The Morgan fingerprint density at radius 2 is 1.90 bits per heavy atom. The van der Waals surface area contributed by atoms with Crippen molar-refractivity contribution in [3.63, 3.8) is 0 Å². The predicted octanol–water partition coefficient (Wildman–Crippen LogP) is 5.28. The van der Waals surface area contributed by atoms with Gasteiger partial charge in [0.25, 0.3) is 0 Å². The number of aliphatic imine (C=N–C) groups is 1. The quantitative estimate of drug-likeness (QED) is 0.525. The number of aromatic nitrogens is 2. The van der Waals surface area contributed by atoms with E-state index in [0.717, 1.165) is 5.69 Å². The van der Waals surface area contributed by atoms with E-state index in [1.54, 1.807) is 51.1 Å². The van der Waals surface area contributed by atoms with E-state index in [9.17, 15) is 9.18 Å². The van der Waals surface area contributed by atoms with Crippen LogP contribution in [0.25, 0.3) is 5.69 Å². The Bertz CT molecular complexity index is 1190. The first kappa shape index (κ1) is 20.3. The number of ether oxygens (including phenoxy) is 1. The molecule has 0 saturated heterocycles. The number of carbonyl (C=O) groups excluding carboxylic acids is 1. The second kappa shape index (κ2) is 7.36. The third-order valence-corrected chi connectivity index (χ3v) is 4.94. The summed E-state index contributed by atoms with van der Waals surface area (Å²) in [4.78, 5) is 21.9. The Morgan fingerprint density at radius 1 is 1.17 bits per heavy atom. The second-order valence-corrected chi connectivity index (χ2v) is 8.53. The standard InChI is InChI=1S/C23H21ClFN3O2/c1-13-27-21(22(29)30-23(2,3)4)19-12-26-20(15-7-5-6-8-17(15)25)16-11-14(24)9-10-18(16)28(13)19/h5-11H,12H2,1-4H3. The van der Waals surface area contributed by atoms with Gasteiger partial charge in [-0.1, -0.05) is 23.7 Å². The maximum Gasteiger partial charge on any atom is 0.359 e. The van der Waals surface area contributed by atoms with Gasteiger partial charge >= 0.3 is 5.97 Å². The summed E-state index contributed by atoms with van der Waals surface area (Å²) < 4.78 is 22.0. The number of benzene rings is 2. The van der Waals surface area contributed by atoms with Crippen molar-refractivity contribution in [2.45, 2.75) is 39.8 Å². The molecule has 0 spiro atoms. The molecule has 0 amide bonds. The average Bonchev–Trinajstić information content (AvgIpc) is 2.89. The number of esters is 1. The molecule has 2 heterocycles. The van der Waals surface area contributed by atoms with Crippen molar-refractivity contribution in [3.05, 3.63) is 81.6 Å². The lowest BCUT2D eigenvalue weighted by Gasteiger charge is -2.19. The first-order chi connectivity index (χ1) is 14.2. The summed E-state index contributed by atoms with van der Waals surface area (Å²) in [5.41, 5.74) is 2.40. The van der Waals surface area contributed by atoms with Gasteiger partial charge < -0.3 is 4.74 Å². The van der Waals surface area contributed by atoms with Crippen LogP contribution in [-0.4, -0.2) is 26.8 Å². The molecule has 0 saturated carbocycles. The number of carbonyl (C=O) groups is 1. The number of halogens is 2. The Hall–Kier alpha value is -2.99. The minimum Gasteiger partial charge on any atom is -0.455 e. The van der Waals surface area contributed by atoms with Crippen LogP contribution in [0.3, 0.4) is 0 Å². The van der Waals surface area contributed by atoms with Gasteiger partial charge in [0.1, 0.15) is 17.2 Å². The SMILES string of the molecule is Cc1nc(C(=O)OC(C)(C)C)c2n1-c1ccc(Cl)cc1C(c1ccccc1F)=NC2. The van der Waals surface area contributed by atoms with E-state index in [4.69, 9.17) is 16.3 Å². The first-order valence-corrected chi connectivity index (χ1v) is 9.95. The Morgan fingerprint density at radius 3 is 2.60 bits per heavy atom. The number of hydrogen-bond donors (Lipinski definition) is 0. The van der Waals surface area contributed by atoms with E-state index < -0.39 is 11.6 Å². The molecule has 0 radical (unpaired) electrons. The van der Waals surface area contributed by atoms with Crippen LogP contribution in [0.5, 0.6) is 0 Å². The lowest BCUT2D eigenvalue weighted by atomic mass is 10.00. The van der Waals surface area contributed by atoms with Crippen molar-refractivity contribution in [2.75, 3.05) is 0 Å². The highest BCUT2D eigenvalue weighted by molar-refractivity contribution is 6.31. The third-order valence-electron chi connectivity index (χ3n) is 4.70. The predicted molar refractivity (Wildman–Crippen MR) is 114 cm³/mol. The number of rotatable bonds is 2. The second-order valence-electron chi connectivity index (χ2n) is 8.10. The van der Waals surface area contributed by atoms with Crippen LogP contribution < -0.4 is 0 Å². The van der Waals surface area contributed by atoms with Crippen LogP contribution in [0.1, 0.15) is 53.9 Å². The molecule has 1 aromatic heterocycles. The molecule has 154 valence electrons. The van der Waals surface area contributed by atoms with Gasteiger partial charge in [-0.25, -0.2) is 14.2 Å². The lowest BCUT2D eigenvalue weighted by Crippen LogP contribution is -2.24. The fourth-order valence-electron chi connectivity index (χ4n) is 3.55. The van der Waals surface area contributed by atoms with Crippen LogP contribution in [0.15, 0.2) is 47.5 Å². The highest BCUT2D eigenvalue weighted by Gasteiger charge is 2.30. The third kappa shape index (κ3) is 3.63. The van der Waals surface area contributed by atoms with Gasteiger partial charge in [-0.05, 0) is 58.0 Å². The largest absolute Gasteiger partial charge is 0.455 e. The summed E-state index contributed by atoms with van der Waals surface area (Å²) in [6.07, 6.45) is 0. The Kier molecular flexibility index (Phi) is 4.98. The molecule has 0 bridgehead atoms. The highest BCUT2D eigenvalue weighted by atomic mass is 35.5. The van der Waals surface area contributed by atoms with Gasteiger partial charge in [-0.15, -0.1) is 0 Å². The Balaban J connectivity index is 1.94. The van der Waals surface area contributed by atoms with Crippen molar-refractivity contribution in [2.24, 2.45) is 4.99 Å². The number of aryl methyl sites for hydroxylation is 1. The lowest BCUT2D eigenvalue weighted by molar-refractivity contribution is 0.00619. The Labute approximate surface area is 179 Å². The molecule has 0 aliphatic carbocycles. The number of fused-ring (bicyclic) bond motifs is 3. The summed E-state index contributed by atoms with van der Waals surface area (Å²) in [6.45, 7) is 7.37. The zero-order valence-electron chi connectivity index (χ0n) is 17.2. The maximum atomic E-state index is 14.6. The van der Waals surface area contributed by atoms with Gasteiger partial charge in [0, 0.05) is 16.1 Å². The van der Waals surface area contributed by atoms with Crippen LogP contribution in [-0.2, 0) is 11.3 Å². The van der Waals surface area contributed by atoms with Gasteiger partial charge in [-0.3, -0.25) is 9.56 Å². The van der Waals surface area contributed by atoms with Gasteiger partial charge in [0.2, 0.25) is 0 Å². The van der Waals surface area contributed by atoms with Crippen molar-refractivity contribution >= 4 is 23.3 Å². The minimum atomic E-state index is -0.654. The summed E-state index contributed by atoms with van der Waals surface area (Å²) in [5.74, 6) is -0.283. The van der Waals surface area contributed by atoms with Gasteiger partial charge in [0.05, 0.1) is 23.6 Å². The minimum absolute atomic E-state index is 0.144. The summed E-state index contributed by atoms with van der Waals surface area (Å²) in [5, 5.41) is 0.506. The number of imidazole rings is 1. The zero-order valence-corrected chi connectivity index (χ0v) is 17.9. The smallest absolute Gasteiger partial charge is 0.359 e. The molecule has 0 unspecified atom stereocenters. The van der Waals surface area contributed by atoms with Crippen molar-refractivity contribution in [3.8, 4) is 5.69 Å². The highest BCUT2D eigenvalue weighted by Crippen LogP contribution is 2.31. The number of nitrogens with zero attached hydrogens (tertiary/aromatic N) is 3. The van der Waals surface area contributed by atoms with E-state index >= 15 is 0 Å².